The molecule has 1 aromatic carbocycles. The van der Waals surface area contributed by atoms with Gasteiger partial charge in [-0.2, -0.15) is 0 Å². The summed E-state index contributed by atoms with van der Waals surface area (Å²) in [5.41, 5.74) is 5.08. The molecule has 2 aliphatic rings. The van der Waals surface area contributed by atoms with Crippen molar-refractivity contribution in [3.8, 4) is 0 Å². The van der Waals surface area contributed by atoms with Crippen LogP contribution in [0.2, 0.25) is 0 Å². The summed E-state index contributed by atoms with van der Waals surface area (Å²) in [6.07, 6.45) is 2.17. The van der Waals surface area contributed by atoms with Crippen molar-refractivity contribution in [2.24, 2.45) is 0 Å². The summed E-state index contributed by atoms with van der Waals surface area (Å²) in [6.45, 7) is 8.10. The Bertz CT molecular complexity index is 1110. The molecule has 1 amide bonds. The standard InChI is InChI=1S/C25H30N4O3/c1-18-6-8-20(9-7-18)14-26-24(30)22-13-25(17-31-22)16-28(11-12-32-25)15-21-19(2)27-23-5-3-4-10-29(21)23/h3-10,22H,11-17H2,1-2H3,(H,26,30). The van der Waals surface area contributed by atoms with Crippen LogP contribution in [0.15, 0.2) is 48.7 Å². The van der Waals surface area contributed by atoms with E-state index >= 15 is 0 Å². The number of imidazole rings is 1. The maximum absolute atomic E-state index is 12.7. The van der Waals surface area contributed by atoms with Gasteiger partial charge in [0.05, 0.1) is 24.6 Å². The van der Waals surface area contributed by atoms with Crippen molar-refractivity contribution in [2.45, 2.75) is 45.1 Å². The Morgan fingerprint density at radius 1 is 1.22 bits per heavy atom. The fraction of sp³-hybridized carbons (Fsp3) is 0.440. The number of hydrogen-bond acceptors (Lipinski definition) is 5. The van der Waals surface area contributed by atoms with Crippen LogP contribution >= 0.6 is 0 Å². The van der Waals surface area contributed by atoms with Gasteiger partial charge in [-0.15, -0.1) is 0 Å². The van der Waals surface area contributed by atoms with E-state index in [1.54, 1.807) is 0 Å². The summed E-state index contributed by atoms with van der Waals surface area (Å²) in [4.78, 5) is 19.8. The van der Waals surface area contributed by atoms with E-state index in [9.17, 15) is 4.79 Å². The molecule has 168 valence electrons. The molecule has 1 spiro atoms. The Morgan fingerprint density at radius 2 is 2.06 bits per heavy atom. The van der Waals surface area contributed by atoms with Crippen LogP contribution in [0.5, 0.6) is 0 Å². The highest BCUT2D eigenvalue weighted by molar-refractivity contribution is 5.81. The lowest BCUT2D eigenvalue weighted by atomic mass is 9.97. The summed E-state index contributed by atoms with van der Waals surface area (Å²) in [7, 11) is 0. The molecule has 3 aromatic rings. The lowest BCUT2D eigenvalue weighted by molar-refractivity contribution is -0.130. The van der Waals surface area contributed by atoms with Gasteiger partial charge in [0.15, 0.2) is 0 Å². The van der Waals surface area contributed by atoms with Crippen LogP contribution in [0.1, 0.15) is 28.9 Å². The molecule has 1 N–H and O–H groups in total. The molecule has 2 fully saturated rings. The number of nitrogens with one attached hydrogen (secondary N) is 1. The second-order valence-electron chi connectivity index (χ2n) is 9.02. The molecule has 2 aromatic heterocycles. The number of carbonyl (C=O) groups excluding carboxylic acids is 1. The lowest BCUT2D eigenvalue weighted by Crippen LogP contribution is -2.52. The summed E-state index contributed by atoms with van der Waals surface area (Å²) in [5, 5.41) is 3.01. The number of ether oxygens (including phenoxy) is 2. The van der Waals surface area contributed by atoms with Crippen LogP contribution < -0.4 is 5.32 Å². The molecule has 4 heterocycles. The molecule has 5 rings (SSSR count). The smallest absolute Gasteiger partial charge is 0.249 e. The Hall–Kier alpha value is -2.74. The molecule has 2 saturated heterocycles. The summed E-state index contributed by atoms with van der Waals surface area (Å²) in [6, 6.07) is 14.3. The van der Waals surface area contributed by atoms with Gasteiger partial charge in [0, 0.05) is 38.8 Å². The molecular weight excluding hydrogens is 404 g/mol. The van der Waals surface area contributed by atoms with Crippen molar-refractivity contribution in [2.75, 3.05) is 26.3 Å². The van der Waals surface area contributed by atoms with Gasteiger partial charge >= 0.3 is 0 Å². The molecule has 7 heteroatoms. The van der Waals surface area contributed by atoms with Gasteiger partial charge in [0.1, 0.15) is 17.4 Å². The third-order valence-corrected chi connectivity index (χ3v) is 6.51. The fourth-order valence-corrected chi connectivity index (χ4v) is 4.72. The topological polar surface area (TPSA) is 68.1 Å². The normalized spacial score (nSPS) is 23.8. The Labute approximate surface area is 188 Å². The number of benzene rings is 1. The molecule has 0 bridgehead atoms. The van der Waals surface area contributed by atoms with Gasteiger partial charge in [-0.25, -0.2) is 4.98 Å². The molecule has 2 atom stereocenters. The predicted molar refractivity (Wildman–Crippen MR) is 121 cm³/mol. The maximum Gasteiger partial charge on any atom is 0.249 e. The van der Waals surface area contributed by atoms with Crippen molar-refractivity contribution < 1.29 is 14.3 Å². The van der Waals surface area contributed by atoms with Crippen molar-refractivity contribution in [1.82, 2.24) is 19.6 Å². The first kappa shape index (κ1) is 21.1. The van der Waals surface area contributed by atoms with E-state index in [1.165, 1.54) is 11.3 Å². The van der Waals surface area contributed by atoms with Crippen LogP contribution in [0.3, 0.4) is 0 Å². The third-order valence-electron chi connectivity index (χ3n) is 6.51. The number of nitrogens with zero attached hydrogens (tertiary/aromatic N) is 3. The minimum atomic E-state index is -0.474. The monoisotopic (exact) mass is 434 g/mol. The molecule has 2 unspecified atom stereocenters. The molecule has 0 saturated carbocycles. The first-order valence-corrected chi connectivity index (χ1v) is 11.3. The van der Waals surface area contributed by atoms with Crippen LogP contribution in [0.25, 0.3) is 5.65 Å². The van der Waals surface area contributed by atoms with E-state index in [1.807, 2.05) is 30.3 Å². The Balaban J connectivity index is 1.20. The SMILES string of the molecule is Cc1ccc(CNC(=O)C2CC3(CO2)CN(Cc2c(C)nc4ccccn24)CCO3)cc1. The molecule has 0 aliphatic carbocycles. The summed E-state index contributed by atoms with van der Waals surface area (Å²) < 4.78 is 14.2. The van der Waals surface area contributed by atoms with Crippen molar-refractivity contribution in [1.29, 1.82) is 0 Å². The second-order valence-corrected chi connectivity index (χ2v) is 9.02. The summed E-state index contributed by atoms with van der Waals surface area (Å²) >= 11 is 0. The number of aryl methyl sites for hydroxylation is 2. The largest absolute Gasteiger partial charge is 0.370 e. The fourth-order valence-electron chi connectivity index (χ4n) is 4.72. The zero-order valence-electron chi connectivity index (χ0n) is 18.7. The first-order chi connectivity index (χ1) is 15.5. The van der Waals surface area contributed by atoms with Crippen LogP contribution in [-0.2, 0) is 27.4 Å². The first-order valence-electron chi connectivity index (χ1n) is 11.3. The van der Waals surface area contributed by atoms with Crippen LogP contribution in [-0.4, -0.2) is 58.2 Å². The van der Waals surface area contributed by atoms with E-state index in [2.05, 4.69) is 51.8 Å². The molecule has 0 radical (unpaired) electrons. The van der Waals surface area contributed by atoms with Gasteiger partial charge in [-0.1, -0.05) is 35.9 Å². The molecular formula is C25H30N4O3. The van der Waals surface area contributed by atoms with Gasteiger partial charge in [-0.05, 0) is 31.5 Å². The van der Waals surface area contributed by atoms with E-state index in [-0.39, 0.29) is 5.91 Å². The number of hydrogen-bond donors (Lipinski definition) is 1. The third kappa shape index (κ3) is 4.28. The highest BCUT2D eigenvalue weighted by Gasteiger charge is 2.46. The van der Waals surface area contributed by atoms with Crippen LogP contribution in [0.4, 0.5) is 0 Å². The highest BCUT2D eigenvalue weighted by Crippen LogP contribution is 2.32. The van der Waals surface area contributed by atoms with E-state index < -0.39 is 11.7 Å². The number of pyridine rings is 1. The number of carbonyl (C=O) groups is 1. The molecule has 2 aliphatic heterocycles. The minimum Gasteiger partial charge on any atom is -0.370 e. The quantitative estimate of drug-likeness (QED) is 0.669. The maximum atomic E-state index is 12.7. The Morgan fingerprint density at radius 3 is 2.91 bits per heavy atom. The van der Waals surface area contributed by atoms with Gasteiger partial charge in [0.2, 0.25) is 5.91 Å². The summed E-state index contributed by atoms with van der Waals surface area (Å²) in [5.74, 6) is -0.0687. The van der Waals surface area contributed by atoms with E-state index in [0.29, 0.717) is 26.2 Å². The van der Waals surface area contributed by atoms with Gasteiger partial charge < -0.3 is 19.2 Å². The van der Waals surface area contributed by atoms with Crippen molar-refractivity contribution >= 4 is 11.6 Å². The number of amides is 1. The number of rotatable bonds is 5. The second kappa shape index (κ2) is 8.65. The van der Waals surface area contributed by atoms with E-state index in [0.717, 1.165) is 36.5 Å². The zero-order chi connectivity index (χ0) is 22.1. The number of morpholine rings is 1. The zero-order valence-corrected chi connectivity index (χ0v) is 18.7. The number of fused-ring (bicyclic) bond motifs is 1. The van der Waals surface area contributed by atoms with E-state index in [4.69, 9.17) is 9.47 Å². The predicted octanol–water partition coefficient (Wildman–Crippen LogP) is 2.63. The minimum absolute atomic E-state index is 0.0687. The van der Waals surface area contributed by atoms with Crippen molar-refractivity contribution in [3.63, 3.8) is 0 Å². The number of aromatic nitrogens is 2. The molecule has 32 heavy (non-hydrogen) atoms. The average molecular weight is 435 g/mol. The van der Waals surface area contributed by atoms with Gasteiger partial charge in [0.25, 0.3) is 0 Å². The van der Waals surface area contributed by atoms with Crippen molar-refractivity contribution in [3.05, 3.63) is 71.2 Å². The Kier molecular flexibility index (Phi) is 5.71. The van der Waals surface area contributed by atoms with Crippen LogP contribution in [0, 0.1) is 13.8 Å². The highest BCUT2D eigenvalue weighted by atomic mass is 16.6. The van der Waals surface area contributed by atoms with Gasteiger partial charge in [-0.3, -0.25) is 9.69 Å². The lowest BCUT2D eigenvalue weighted by Gasteiger charge is -2.39. The molecule has 7 nitrogen and oxygen atoms in total. The average Bonchev–Trinajstić information content (AvgIpc) is 3.34.